The average Bonchev–Trinajstić information content (AvgIpc) is 2.25. The summed E-state index contributed by atoms with van der Waals surface area (Å²) in [5.74, 6) is 0. The molecule has 2 N–H and O–H groups in total. The SMILES string of the molecule is CCN(CC)[C@@H](CN)c1cccc(Cl)c1. The Labute approximate surface area is 97.0 Å². The monoisotopic (exact) mass is 226 g/mol. The van der Waals surface area contributed by atoms with Gasteiger partial charge >= 0.3 is 0 Å². The van der Waals surface area contributed by atoms with Gasteiger partial charge in [0, 0.05) is 17.6 Å². The maximum Gasteiger partial charge on any atom is 0.0470 e. The lowest BCUT2D eigenvalue weighted by Gasteiger charge is -2.29. The van der Waals surface area contributed by atoms with Crippen molar-refractivity contribution in [1.29, 1.82) is 0 Å². The Kier molecular flexibility index (Phi) is 5.09. The van der Waals surface area contributed by atoms with E-state index in [4.69, 9.17) is 17.3 Å². The highest BCUT2D eigenvalue weighted by Gasteiger charge is 2.15. The summed E-state index contributed by atoms with van der Waals surface area (Å²) in [6.07, 6.45) is 0. The summed E-state index contributed by atoms with van der Waals surface area (Å²) in [5, 5.41) is 0.776. The van der Waals surface area contributed by atoms with Gasteiger partial charge in [-0.3, -0.25) is 4.90 Å². The summed E-state index contributed by atoms with van der Waals surface area (Å²) in [5.41, 5.74) is 7.02. The van der Waals surface area contributed by atoms with Crippen LogP contribution < -0.4 is 5.73 Å². The van der Waals surface area contributed by atoms with Crippen LogP contribution in [0.25, 0.3) is 0 Å². The van der Waals surface area contributed by atoms with E-state index in [1.807, 2.05) is 18.2 Å². The van der Waals surface area contributed by atoms with Gasteiger partial charge in [0.15, 0.2) is 0 Å². The van der Waals surface area contributed by atoms with Gasteiger partial charge in [-0.15, -0.1) is 0 Å². The van der Waals surface area contributed by atoms with Gasteiger partial charge in [-0.25, -0.2) is 0 Å². The van der Waals surface area contributed by atoms with Crippen LogP contribution in [-0.4, -0.2) is 24.5 Å². The molecule has 0 aliphatic heterocycles. The second-order valence-electron chi connectivity index (χ2n) is 3.53. The first-order valence-corrected chi connectivity index (χ1v) is 5.80. The first-order chi connectivity index (χ1) is 7.22. The molecule has 2 nitrogen and oxygen atoms in total. The zero-order valence-electron chi connectivity index (χ0n) is 9.41. The number of halogens is 1. The zero-order valence-corrected chi connectivity index (χ0v) is 10.2. The summed E-state index contributed by atoms with van der Waals surface area (Å²) < 4.78 is 0. The quantitative estimate of drug-likeness (QED) is 0.837. The molecule has 0 amide bonds. The molecular formula is C12H19ClN2. The molecular weight excluding hydrogens is 208 g/mol. The molecule has 0 aliphatic rings. The molecule has 84 valence electrons. The summed E-state index contributed by atoms with van der Waals surface area (Å²) in [6.45, 7) is 6.94. The molecule has 1 atom stereocenters. The molecule has 15 heavy (non-hydrogen) atoms. The van der Waals surface area contributed by atoms with Crippen molar-refractivity contribution in [2.45, 2.75) is 19.9 Å². The number of hydrogen-bond acceptors (Lipinski definition) is 2. The minimum Gasteiger partial charge on any atom is -0.329 e. The summed E-state index contributed by atoms with van der Waals surface area (Å²) in [7, 11) is 0. The minimum absolute atomic E-state index is 0.277. The fourth-order valence-corrected chi connectivity index (χ4v) is 2.07. The van der Waals surface area contributed by atoms with Crippen LogP contribution in [0.15, 0.2) is 24.3 Å². The van der Waals surface area contributed by atoms with Crippen LogP contribution in [0.5, 0.6) is 0 Å². The fraction of sp³-hybridized carbons (Fsp3) is 0.500. The van der Waals surface area contributed by atoms with Gasteiger partial charge in [0.05, 0.1) is 0 Å². The average molecular weight is 227 g/mol. The van der Waals surface area contributed by atoms with E-state index in [9.17, 15) is 0 Å². The van der Waals surface area contributed by atoms with E-state index in [1.165, 1.54) is 5.56 Å². The van der Waals surface area contributed by atoms with Crippen molar-refractivity contribution < 1.29 is 0 Å². The van der Waals surface area contributed by atoms with Crippen LogP contribution in [0.3, 0.4) is 0 Å². The third kappa shape index (κ3) is 3.20. The second-order valence-corrected chi connectivity index (χ2v) is 3.96. The van der Waals surface area contributed by atoms with Crippen LogP contribution in [0.4, 0.5) is 0 Å². The standard InChI is InChI=1S/C12H19ClN2/c1-3-15(4-2)12(9-14)10-6-5-7-11(13)8-10/h5-8,12H,3-4,9,14H2,1-2H3/t12-/m0/s1. The largest absolute Gasteiger partial charge is 0.329 e. The predicted molar refractivity (Wildman–Crippen MR) is 66.2 cm³/mol. The van der Waals surface area contributed by atoms with Gasteiger partial charge in [0.1, 0.15) is 0 Å². The van der Waals surface area contributed by atoms with E-state index in [1.54, 1.807) is 0 Å². The zero-order chi connectivity index (χ0) is 11.3. The molecule has 0 heterocycles. The predicted octanol–water partition coefficient (Wildman–Crippen LogP) is 2.68. The fourth-order valence-electron chi connectivity index (χ4n) is 1.87. The third-order valence-electron chi connectivity index (χ3n) is 2.71. The van der Waals surface area contributed by atoms with Crippen LogP contribution in [0.1, 0.15) is 25.5 Å². The lowest BCUT2D eigenvalue weighted by atomic mass is 10.1. The molecule has 0 radical (unpaired) electrons. The lowest BCUT2D eigenvalue weighted by molar-refractivity contribution is 0.224. The van der Waals surface area contributed by atoms with Crippen LogP contribution >= 0.6 is 11.6 Å². The Morgan fingerprint density at radius 2 is 2.00 bits per heavy atom. The molecule has 0 spiro atoms. The molecule has 1 aromatic carbocycles. The molecule has 0 unspecified atom stereocenters. The number of likely N-dealkylation sites (N-methyl/N-ethyl adjacent to an activating group) is 1. The van der Waals surface area contributed by atoms with E-state index in [0.29, 0.717) is 6.54 Å². The summed E-state index contributed by atoms with van der Waals surface area (Å²) in [4.78, 5) is 2.34. The first-order valence-electron chi connectivity index (χ1n) is 5.42. The Bertz CT molecular complexity index is 297. The topological polar surface area (TPSA) is 29.3 Å². The van der Waals surface area contributed by atoms with Crippen LogP contribution in [-0.2, 0) is 0 Å². The van der Waals surface area contributed by atoms with Crippen molar-refractivity contribution in [1.82, 2.24) is 4.90 Å². The Morgan fingerprint density at radius 3 is 2.47 bits per heavy atom. The van der Waals surface area contributed by atoms with Gasteiger partial charge in [0.25, 0.3) is 0 Å². The molecule has 0 fully saturated rings. The van der Waals surface area contributed by atoms with Crippen molar-refractivity contribution in [2.24, 2.45) is 5.73 Å². The van der Waals surface area contributed by atoms with Crippen molar-refractivity contribution in [2.75, 3.05) is 19.6 Å². The van der Waals surface area contributed by atoms with Crippen molar-refractivity contribution in [3.05, 3.63) is 34.9 Å². The Hall–Kier alpha value is -0.570. The maximum absolute atomic E-state index is 5.98. The molecule has 0 aromatic heterocycles. The number of rotatable bonds is 5. The Balaban J connectivity index is 2.90. The second kappa shape index (κ2) is 6.11. The van der Waals surface area contributed by atoms with Crippen molar-refractivity contribution in [3.8, 4) is 0 Å². The van der Waals surface area contributed by atoms with E-state index in [0.717, 1.165) is 18.1 Å². The van der Waals surface area contributed by atoms with Gasteiger partial charge < -0.3 is 5.73 Å². The highest BCUT2D eigenvalue weighted by Crippen LogP contribution is 2.22. The van der Waals surface area contributed by atoms with Crippen molar-refractivity contribution in [3.63, 3.8) is 0 Å². The number of hydrogen-bond donors (Lipinski definition) is 1. The summed E-state index contributed by atoms with van der Waals surface area (Å²) in [6, 6.07) is 8.22. The Morgan fingerprint density at radius 1 is 1.33 bits per heavy atom. The molecule has 1 rings (SSSR count). The highest BCUT2D eigenvalue weighted by molar-refractivity contribution is 6.30. The molecule has 0 saturated carbocycles. The van der Waals surface area contributed by atoms with Gasteiger partial charge in [0.2, 0.25) is 0 Å². The minimum atomic E-state index is 0.277. The molecule has 0 saturated heterocycles. The summed E-state index contributed by atoms with van der Waals surface area (Å²) >= 11 is 5.98. The number of nitrogens with zero attached hydrogens (tertiary/aromatic N) is 1. The third-order valence-corrected chi connectivity index (χ3v) is 2.94. The van der Waals surface area contributed by atoms with Gasteiger partial charge in [-0.1, -0.05) is 37.6 Å². The normalized spacial score (nSPS) is 13.1. The highest BCUT2D eigenvalue weighted by atomic mass is 35.5. The first kappa shape index (κ1) is 12.5. The lowest BCUT2D eigenvalue weighted by Crippen LogP contribution is -2.33. The van der Waals surface area contributed by atoms with E-state index >= 15 is 0 Å². The maximum atomic E-state index is 5.98. The van der Waals surface area contributed by atoms with Crippen LogP contribution in [0, 0.1) is 0 Å². The molecule has 1 aromatic rings. The molecule has 0 bridgehead atoms. The number of nitrogens with two attached hydrogens (primary N) is 1. The van der Waals surface area contributed by atoms with E-state index < -0.39 is 0 Å². The molecule has 0 aliphatic carbocycles. The van der Waals surface area contributed by atoms with Crippen molar-refractivity contribution >= 4 is 11.6 Å². The smallest absolute Gasteiger partial charge is 0.0470 e. The number of benzene rings is 1. The van der Waals surface area contributed by atoms with E-state index in [-0.39, 0.29) is 6.04 Å². The molecule has 3 heteroatoms. The van der Waals surface area contributed by atoms with E-state index in [2.05, 4.69) is 24.8 Å². The van der Waals surface area contributed by atoms with Gasteiger partial charge in [-0.2, -0.15) is 0 Å². The van der Waals surface area contributed by atoms with Gasteiger partial charge in [-0.05, 0) is 30.8 Å². The van der Waals surface area contributed by atoms with Crippen LogP contribution in [0.2, 0.25) is 5.02 Å².